The number of hydrogen-bond donors (Lipinski definition) is 1. The van der Waals surface area contributed by atoms with Crippen LogP contribution in [0.4, 0.5) is 5.69 Å². The molecule has 0 bridgehead atoms. The molecule has 2 aromatic rings. The molecule has 4 nitrogen and oxygen atoms in total. The Labute approximate surface area is 110 Å². The van der Waals surface area contributed by atoms with E-state index in [0.29, 0.717) is 11.3 Å². The van der Waals surface area contributed by atoms with E-state index < -0.39 is 5.97 Å². The summed E-state index contributed by atoms with van der Waals surface area (Å²) < 4.78 is 0. The van der Waals surface area contributed by atoms with Gasteiger partial charge in [0.2, 0.25) is 0 Å². The number of hydrogen-bond acceptors (Lipinski definition) is 2. The van der Waals surface area contributed by atoms with Crippen molar-refractivity contribution in [3.63, 3.8) is 0 Å². The van der Waals surface area contributed by atoms with Crippen LogP contribution in [-0.4, -0.2) is 23.5 Å². The van der Waals surface area contributed by atoms with Gasteiger partial charge in [-0.3, -0.25) is 14.5 Å². The molecule has 2 aromatic carbocycles. The minimum Gasteiger partial charge on any atom is -0.480 e. The van der Waals surface area contributed by atoms with Crippen molar-refractivity contribution in [3.8, 4) is 0 Å². The standard InChI is InChI=1S/C15H13NO3/c17-14(18)11-16(13-9-5-2-6-10-13)15(19)12-7-3-1-4-8-12/h1-10H,11H2,(H,17,18). The average Bonchev–Trinajstić information content (AvgIpc) is 2.46. The molecule has 0 aliphatic heterocycles. The fourth-order valence-corrected chi connectivity index (χ4v) is 1.76. The van der Waals surface area contributed by atoms with Gasteiger partial charge in [-0.05, 0) is 24.3 Å². The van der Waals surface area contributed by atoms with Gasteiger partial charge in [0.1, 0.15) is 6.54 Å². The molecule has 2 rings (SSSR count). The summed E-state index contributed by atoms with van der Waals surface area (Å²) in [6.45, 7) is -0.363. The van der Waals surface area contributed by atoms with E-state index in [4.69, 9.17) is 5.11 Å². The number of carbonyl (C=O) groups excluding carboxylic acids is 1. The fourth-order valence-electron chi connectivity index (χ4n) is 1.76. The van der Waals surface area contributed by atoms with Crippen molar-refractivity contribution in [1.29, 1.82) is 0 Å². The maximum atomic E-state index is 12.3. The highest BCUT2D eigenvalue weighted by atomic mass is 16.4. The van der Waals surface area contributed by atoms with Crippen LogP contribution in [0.1, 0.15) is 10.4 Å². The Morgan fingerprint density at radius 1 is 0.895 bits per heavy atom. The second-order valence-electron chi connectivity index (χ2n) is 3.99. The minimum absolute atomic E-state index is 0.325. The van der Waals surface area contributed by atoms with Gasteiger partial charge in [0.05, 0.1) is 0 Å². The molecule has 0 radical (unpaired) electrons. The first-order valence-corrected chi connectivity index (χ1v) is 5.82. The molecule has 0 aromatic heterocycles. The first kappa shape index (κ1) is 12.8. The van der Waals surface area contributed by atoms with Gasteiger partial charge in [-0.2, -0.15) is 0 Å². The predicted octanol–water partition coefficient (Wildman–Crippen LogP) is 2.42. The average molecular weight is 255 g/mol. The van der Waals surface area contributed by atoms with Crippen molar-refractivity contribution in [2.24, 2.45) is 0 Å². The molecule has 0 aliphatic carbocycles. The molecule has 19 heavy (non-hydrogen) atoms. The van der Waals surface area contributed by atoms with Crippen LogP contribution in [-0.2, 0) is 4.79 Å². The Hall–Kier alpha value is -2.62. The van der Waals surface area contributed by atoms with E-state index in [-0.39, 0.29) is 12.5 Å². The molecule has 0 aliphatic rings. The van der Waals surface area contributed by atoms with Crippen molar-refractivity contribution < 1.29 is 14.7 Å². The van der Waals surface area contributed by atoms with E-state index in [1.807, 2.05) is 6.07 Å². The molecule has 0 spiro atoms. The maximum Gasteiger partial charge on any atom is 0.323 e. The summed E-state index contributed by atoms with van der Waals surface area (Å²) in [4.78, 5) is 24.5. The smallest absolute Gasteiger partial charge is 0.323 e. The number of carboxylic acid groups (broad SMARTS) is 1. The van der Waals surface area contributed by atoms with Gasteiger partial charge in [0, 0.05) is 11.3 Å². The van der Waals surface area contributed by atoms with E-state index in [1.165, 1.54) is 4.90 Å². The van der Waals surface area contributed by atoms with Crippen LogP contribution in [0.3, 0.4) is 0 Å². The first-order valence-electron chi connectivity index (χ1n) is 5.82. The fraction of sp³-hybridized carbons (Fsp3) is 0.0667. The number of carboxylic acids is 1. The van der Waals surface area contributed by atoms with Gasteiger partial charge in [-0.1, -0.05) is 36.4 Å². The number of aliphatic carboxylic acids is 1. The summed E-state index contributed by atoms with van der Waals surface area (Å²) in [5.74, 6) is -1.37. The van der Waals surface area contributed by atoms with Crippen LogP contribution < -0.4 is 4.90 Å². The molecule has 96 valence electrons. The van der Waals surface area contributed by atoms with Gasteiger partial charge < -0.3 is 5.11 Å². The summed E-state index contributed by atoms with van der Waals surface area (Å²) >= 11 is 0. The number of rotatable bonds is 4. The molecule has 1 amide bonds. The molecular formula is C15H13NO3. The molecule has 0 saturated carbocycles. The number of anilines is 1. The molecule has 0 saturated heterocycles. The molecule has 1 N–H and O–H groups in total. The quantitative estimate of drug-likeness (QED) is 0.912. The zero-order valence-electron chi connectivity index (χ0n) is 10.2. The third-order valence-electron chi connectivity index (χ3n) is 2.63. The summed E-state index contributed by atoms with van der Waals surface area (Å²) in [7, 11) is 0. The summed E-state index contributed by atoms with van der Waals surface area (Å²) in [6, 6.07) is 17.4. The van der Waals surface area contributed by atoms with Gasteiger partial charge in [-0.25, -0.2) is 0 Å². The summed E-state index contributed by atoms with van der Waals surface area (Å²) in [5.41, 5.74) is 1.03. The Morgan fingerprint density at radius 2 is 1.42 bits per heavy atom. The van der Waals surface area contributed by atoms with Gasteiger partial charge in [0.15, 0.2) is 0 Å². The molecule has 0 atom stereocenters. The van der Waals surface area contributed by atoms with Crippen LogP contribution in [0.25, 0.3) is 0 Å². The van der Waals surface area contributed by atoms with E-state index in [1.54, 1.807) is 54.6 Å². The lowest BCUT2D eigenvalue weighted by molar-refractivity contribution is -0.135. The second-order valence-corrected chi connectivity index (χ2v) is 3.99. The lowest BCUT2D eigenvalue weighted by Crippen LogP contribution is -2.35. The van der Waals surface area contributed by atoms with E-state index in [2.05, 4.69) is 0 Å². The third-order valence-corrected chi connectivity index (χ3v) is 2.63. The van der Waals surface area contributed by atoms with E-state index >= 15 is 0 Å². The van der Waals surface area contributed by atoms with E-state index in [9.17, 15) is 9.59 Å². The number of nitrogens with zero attached hydrogens (tertiary/aromatic N) is 1. The predicted molar refractivity (Wildman–Crippen MR) is 72.2 cm³/mol. The minimum atomic E-state index is -1.05. The largest absolute Gasteiger partial charge is 0.480 e. The zero-order chi connectivity index (χ0) is 13.7. The molecule has 0 fully saturated rings. The van der Waals surface area contributed by atoms with Crippen LogP contribution in [0.15, 0.2) is 60.7 Å². The number of amides is 1. The molecule has 0 heterocycles. The Balaban J connectivity index is 2.33. The van der Waals surface area contributed by atoms with Crippen LogP contribution in [0.2, 0.25) is 0 Å². The molecular weight excluding hydrogens is 242 g/mol. The van der Waals surface area contributed by atoms with Crippen molar-refractivity contribution in [3.05, 3.63) is 66.2 Å². The lowest BCUT2D eigenvalue weighted by atomic mass is 10.2. The SMILES string of the molecule is O=C(O)CN(C(=O)c1ccccc1)c1ccccc1. The van der Waals surface area contributed by atoms with E-state index in [0.717, 1.165) is 0 Å². The van der Waals surface area contributed by atoms with Gasteiger partial charge in [0.25, 0.3) is 5.91 Å². The highest BCUT2D eigenvalue weighted by Crippen LogP contribution is 2.16. The summed E-state index contributed by atoms with van der Waals surface area (Å²) in [6.07, 6.45) is 0. The van der Waals surface area contributed by atoms with Crippen molar-refractivity contribution in [2.45, 2.75) is 0 Å². The maximum absolute atomic E-state index is 12.3. The lowest BCUT2D eigenvalue weighted by Gasteiger charge is -2.20. The van der Waals surface area contributed by atoms with Crippen molar-refractivity contribution >= 4 is 17.6 Å². The molecule has 4 heteroatoms. The Morgan fingerprint density at radius 3 is 1.95 bits per heavy atom. The first-order chi connectivity index (χ1) is 9.18. The van der Waals surface area contributed by atoms with Crippen LogP contribution in [0, 0.1) is 0 Å². The van der Waals surface area contributed by atoms with Crippen LogP contribution in [0.5, 0.6) is 0 Å². The number of carbonyl (C=O) groups is 2. The van der Waals surface area contributed by atoms with Crippen LogP contribution >= 0.6 is 0 Å². The monoisotopic (exact) mass is 255 g/mol. The summed E-state index contributed by atoms with van der Waals surface area (Å²) in [5, 5.41) is 8.95. The van der Waals surface area contributed by atoms with Crippen molar-refractivity contribution in [2.75, 3.05) is 11.4 Å². The molecule has 0 unspecified atom stereocenters. The van der Waals surface area contributed by atoms with Gasteiger partial charge >= 0.3 is 5.97 Å². The zero-order valence-corrected chi connectivity index (χ0v) is 10.2. The Bertz CT molecular complexity index is 566. The number of para-hydroxylation sites is 1. The Kier molecular flexibility index (Phi) is 3.93. The second kappa shape index (κ2) is 5.82. The topological polar surface area (TPSA) is 57.6 Å². The highest BCUT2D eigenvalue weighted by Gasteiger charge is 2.19. The normalized spacial score (nSPS) is 9.89. The van der Waals surface area contributed by atoms with Crippen molar-refractivity contribution in [1.82, 2.24) is 0 Å². The number of benzene rings is 2. The van der Waals surface area contributed by atoms with Gasteiger partial charge in [-0.15, -0.1) is 0 Å². The highest BCUT2D eigenvalue weighted by molar-refractivity contribution is 6.08. The third kappa shape index (κ3) is 3.19.